The molecule has 3 aromatic rings. The predicted molar refractivity (Wildman–Crippen MR) is 99.2 cm³/mol. The summed E-state index contributed by atoms with van der Waals surface area (Å²) in [6, 6.07) is 17.7. The van der Waals surface area contributed by atoms with Gasteiger partial charge in [-0.05, 0) is 48.4 Å². The molecule has 0 saturated heterocycles. The van der Waals surface area contributed by atoms with Crippen LogP contribution in [0.5, 0.6) is 11.5 Å². The Labute approximate surface area is 156 Å². The molecule has 0 fully saturated rings. The van der Waals surface area contributed by atoms with Crippen LogP contribution in [-0.2, 0) is 13.2 Å². The van der Waals surface area contributed by atoms with Gasteiger partial charge in [-0.1, -0.05) is 35.9 Å². The largest absolute Gasteiger partial charge is 0.485 e. The summed E-state index contributed by atoms with van der Waals surface area (Å²) in [4.78, 5) is 11.6. The summed E-state index contributed by atoms with van der Waals surface area (Å²) in [6.07, 6.45) is 0. The summed E-state index contributed by atoms with van der Waals surface area (Å²) in [7, 11) is 0. The van der Waals surface area contributed by atoms with Crippen LogP contribution in [0.25, 0.3) is 0 Å². The highest BCUT2D eigenvalue weighted by atomic mass is 35.5. The average Bonchev–Trinajstić information content (AvgIpc) is 2.63. The smallest absolute Gasteiger partial charge is 0.283 e. The normalized spacial score (nSPS) is 10.5. The van der Waals surface area contributed by atoms with Gasteiger partial charge in [0.2, 0.25) is 0 Å². The second-order valence-electron chi connectivity index (χ2n) is 5.82. The summed E-state index contributed by atoms with van der Waals surface area (Å²) >= 11 is 5.88. The van der Waals surface area contributed by atoms with Crippen molar-refractivity contribution in [2.24, 2.45) is 0 Å². The molecule has 0 unspecified atom stereocenters. The number of rotatable bonds is 6. The summed E-state index contributed by atoms with van der Waals surface area (Å²) in [6.45, 7) is 2.19. The van der Waals surface area contributed by atoms with Gasteiger partial charge in [0.05, 0.1) is 5.69 Å². The van der Waals surface area contributed by atoms with Gasteiger partial charge in [0.25, 0.3) is 5.56 Å². The molecule has 0 saturated carbocycles. The third-order valence-electron chi connectivity index (χ3n) is 3.76. The van der Waals surface area contributed by atoms with Crippen LogP contribution in [0, 0.1) is 6.92 Å². The number of aryl methyl sites for hydroxylation is 1. The molecule has 0 atom stereocenters. The zero-order chi connectivity index (χ0) is 18.5. The van der Waals surface area contributed by atoms with Crippen molar-refractivity contribution >= 4 is 11.6 Å². The van der Waals surface area contributed by atoms with E-state index in [1.807, 2.05) is 24.3 Å². The fraction of sp³-hybridized carbons (Fsp3) is 0.150. The van der Waals surface area contributed by atoms with E-state index < -0.39 is 5.56 Å². The van der Waals surface area contributed by atoms with Crippen LogP contribution in [0.4, 0.5) is 0 Å². The molecule has 6 heteroatoms. The number of ether oxygens (including phenoxy) is 2. The number of para-hydroxylation sites is 2. The van der Waals surface area contributed by atoms with E-state index in [-0.39, 0.29) is 6.61 Å². The second-order valence-corrected chi connectivity index (χ2v) is 6.26. The number of hydrogen-bond acceptors (Lipinski definition) is 4. The Bertz CT molecular complexity index is 951. The van der Waals surface area contributed by atoms with Crippen molar-refractivity contribution in [3.05, 3.63) is 92.9 Å². The first-order chi connectivity index (χ1) is 12.5. The van der Waals surface area contributed by atoms with Crippen LogP contribution >= 0.6 is 11.6 Å². The number of halogens is 1. The molecule has 2 aromatic carbocycles. The minimum atomic E-state index is -0.490. The first-order valence-electron chi connectivity index (χ1n) is 8.04. The molecule has 1 N–H and O–H groups in total. The lowest BCUT2D eigenvalue weighted by Gasteiger charge is -2.14. The van der Waals surface area contributed by atoms with Gasteiger partial charge >= 0.3 is 0 Å². The van der Waals surface area contributed by atoms with Gasteiger partial charge < -0.3 is 14.7 Å². The molecule has 1 heterocycles. The third kappa shape index (κ3) is 4.37. The van der Waals surface area contributed by atoms with Crippen LogP contribution in [0.15, 0.2) is 65.5 Å². The standard InChI is InChI=1S/C20H18ClNO4/c1-14-10-17(22(24)20(23)11-14)13-26-19-5-3-2-4-18(19)25-12-15-6-8-16(21)9-7-15/h2-11,24H,12-13H2,1H3. The summed E-state index contributed by atoms with van der Waals surface area (Å²) in [5.74, 6) is 1.09. The van der Waals surface area contributed by atoms with Crippen molar-refractivity contribution in [2.75, 3.05) is 0 Å². The molecule has 3 rings (SSSR count). The first kappa shape index (κ1) is 17.9. The lowest BCUT2D eigenvalue weighted by molar-refractivity contribution is 0.146. The molecule has 0 spiro atoms. The van der Waals surface area contributed by atoms with Crippen molar-refractivity contribution in [3.63, 3.8) is 0 Å². The van der Waals surface area contributed by atoms with Gasteiger partial charge in [-0.3, -0.25) is 4.79 Å². The molecular weight excluding hydrogens is 354 g/mol. The quantitative estimate of drug-likeness (QED) is 0.659. The zero-order valence-electron chi connectivity index (χ0n) is 14.2. The maximum atomic E-state index is 11.6. The lowest BCUT2D eigenvalue weighted by Crippen LogP contribution is -2.22. The maximum Gasteiger partial charge on any atom is 0.283 e. The number of aromatic nitrogens is 1. The van der Waals surface area contributed by atoms with E-state index in [9.17, 15) is 10.0 Å². The summed E-state index contributed by atoms with van der Waals surface area (Å²) in [5.41, 5.74) is 1.61. The average molecular weight is 372 g/mol. The Kier molecular flexibility index (Phi) is 5.49. The fourth-order valence-electron chi connectivity index (χ4n) is 2.45. The molecule has 0 aliphatic carbocycles. The molecular formula is C20H18ClNO4. The first-order valence-corrected chi connectivity index (χ1v) is 8.41. The second kappa shape index (κ2) is 7.97. The third-order valence-corrected chi connectivity index (χ3v) is 4.01. The SMILES string of the molecule is Cc1cc(COc2ccccc2OCc2ccc(Cl)cc2)n(O)c(=O)c1. The van der Waals surface area contributed by atoms with Gasteiger partial charge in [-0.25, -0.2) is 0 Å². The fourth-order valence-corrected chi connectivity index (χ4v) is 2.57. The van der Waals surface area contributed by atoms with Crippen molar-refractivity contribution in [2.45, 2.75) is 20.1 Å². The lowest BCUT2D eigenvalue weighted by atomic mass is 10.2. The van der Waals surface area contributed by atoms with Gasteiger partial charge in [-0.15, -0.1) is 4.73 Å². The minimum Gasteiger partial charge on any atom is -0.485 e. The predicted octanol–water partition coefficient (Wildman–Crippen LogP) is 4.21. The van der Waals surface area contributed by atoms with Crippen molar-refractivity contribution in [1.29, 1.82) is 0 Å². The highest BCUT2D eigenvalue weighted by Gasteiger charge is 2.09. The van der Waals surface area contributed by atoms with E-state index in [1.165, 1.54) is 6.07 Å². The number of hydrogen-bond donors (Lipinski definition) is 1. The van der Waals surface area contributed by atoms with Crippen LogP contribution in [0.2, 0.25) is 5.02 Å². The Morgan fingerprint density at radius 1 is 0.962 bits per heavy atom. The van der Waals surface area contributed by atoms with Crippen LogP contribution < -0.4 is 15.0 Å². The van der Waals surface area contributed by atoms with E-state index in [2.05, 4.69) is 0 Å². The van der Waals surface area contributed by atoms with Gasteiger partial charge in [0, 0.05) is 11.1 Å². The Hall–Kier alpha value is -2.92. The van der Waals surface area contributed by atoms with Crippen molar-refractivity contribution in [3.8, 4) is 11.5 Å². The Morgan fingerprint density at radius 2 is 1.58 bits per heavy atom. The number of pyridine rings is 1. The summed E-state index contributed by atoms with van der Waals surface area (Å²) in [5, 5.41) is 10.5. The molecule has 0 radical (unpaired) electrons. The topological polar surface area (TPSA) is 60.7 Å². The summed E-state index contributed by atoms with van der Waals surface area (Å²) < 4.78 is 12.2. The van der Waals surface area contributed by atoms with Gasteiger partial charge in [-0.2, -0.15) is 0 Å². The zero-order valence-corrected chi connectivity index (χ0v) is 14.9. The van der Waals surface area contributed by atoms with E-state index in [0.717, 1.165) is 11.1 Å². The van der Waals surface area contributed by atoms with E-state index in [4.69, 9.17) is 21.1 Å². The van der Waals surface area contributed by atoms with E-state index in [1.54, 1.807) is 37.3 Å². The molecule has 5 nitrogen and oxygen atoms in total. The maximum absolute atomic E-state index is 11.6. The number of nitrogens with zero attached hydrogens (tertiary/aromatic N) is 1. The molecule has 0 aliphatic heterocycles. The van der Waals surface area contributed by atoms with Crippen molar-refractivity contribution < 1.29 is 14.7 Å². The number of benzene rings is 2. The molecule has 1 aromatic heterocycles. The Morgan fingerprint density at radius 3 is 2.23 bits per heavy atom. The van der Waals surface area contributed by atoms with E-state index in [0.29, 0.717) is 33.6 Å². The molecule has 26 heavy (non-hydrogen) atoms. The highest BCUT2D eigenvalue weighted by molar-refractivity contribution is 6.30. The Balaban J connectivity index is 1.71. The minimum absolute atomic E-state index is 0.0364. The van der Waals surface area contributed by atoms with Crippen LogP contribution in [0.1, 0.15) is 16.8 Å². The monoisotopic (exact) mass is 371 g/mol. The van der Waals surface area contributed by atoms with Gasteiger partial charge in [0.1, 0.15) is 13.2 Å². The molecule has 134 valence electrons. The van der Waals surface area contributed by atoms with E-state index >= 15 is 0 Å². The molecule has 0 amide bonds. The highest BCUT2D eigenvalue weighted by Crippen LogP contribution is 2.28. The van der Waals surface area contributed by atoms with Crippen LogP contribution in [-0.4, -0.2) is 9.94 Å². The van der Waals surface area contributed by atoms with Crippen LogP contribution in [0.3, 0.4) is 0 Å². The molecule has 0 bridgehead atoms. The van der Waals surface area contributed by atoms with Crippen molar-refractivity contribution in [1.82, 2.24) is 4.73 Å². The van der Waals surface area contributed by atoms with Gasteiger partial charge in [0.15, 0.2) is 11.5 Å². The molecule has 0 aliphatic rings.